The Morgan fingerprint density at radius 2 is 2.14 bits per heavy atom. The maximum atomic E-state index is 5.91. The number of fused-ring (bicyclic) bond motifs is 1. The van der Waals surface area contributed by atoms with Gasteiger partial charge in [0.2, 0.25) is 0 Å². The molecule has 3 nitrogen and oxygen atoms in total. The summed E-state index contributed by atoms with van der Waals surface area (Å²) in [5.41, 5.74) is 0.754. The van der Waals surface area contributed by atoms with E-state index in [1.54, 1.807) is 7.11 Å². The molecule has 1 heterocycles. The van der Waals surface area contributed by atoms with Gasteiger partial charge in [0.25, 0.3) is 0 Å². The molecule has 0 saturated heterocycles. The largest absolute Gasteiger partial charge is 0.495 e. The van der Waals surface area contributed by atoms with Gasteiger partial charge in [0, 0.05) is 5.39 Å². The minimum Gasteiger partial charge on any atom is -0.495 e. The van der Waals surface area contributed by atoms with Crippen LogP contribution in [0.3, 0.4) is 0 Å². The Labute approximate surface area is 94.2 Å². The fraction of sp³-hybridized carbons (Fsp3) is 0.111. The Morgan fingerprint density at radius 1 is 1.36 bits per heavy atom. The number of nitrogens with zero attached hydrogens (tertiary/aromatic N) is 2. The van der Waals surface area contributed by atoms with Gasteiger partial charge in [0.15, 0.2) is 0 Å². The van der Waals surface area contributed by atoms with E-state index in [0.717, 1.165) is 21.1 Å². The van der Waals surface area contributed by atoms with Gasteiger partial charge in [-0.25, -0.2) is 9.97 Å². The molecule has 2 aromatic rings. The maximum absolute atomic E-state index is 5.91. The molecular formula is C9H6BrClN2O. The van der Waals surface area contributed by atoms with Gasteiger partial charge >= 0.3 is 0 Å². The highest BCUT2D eigenvalue weighted by atomic mass is 79.9. The third-order valence-electron chi connectivity index (χ3n) is 1.88. The lowest BCUT2D eigenvalue weighted by Crippen LogP contribution is -1.89. The molecule has 1 aromatic carbocycles. The summed E-state index contributed by atoms with van der Waals surface area (Å²) in [6.07, 6.45) is 1.43. The van der Waals surface area contributed by atoms with Crippen molar-refractivity contribution in [1.82, 2.24) is 9.97 Å². The van der Waals surface area contributed by atoms with Crippen LogP contribution in [0.5, 0.6) is 5.75 Å². The van der Waals surface area contributed by atoms with Crippen LogP contribution in [0.2, 0.25) is 5.15 Å². The van der Waals surface area contributed by atoms with E-state index in [2.05, 4.69) is 25.9 Å². The van der Waals surface area contributed by atoms with Crippen molar-refractivity contribution in [3.05, 3.63) is 28.1 Å². The summed E-state index contributed by atoms with van der Waals surface area (Å²) in [5.74, 6) is 0.729. The molecule has 0 amide bonds. The van der Waals surface area contributed by atoms with Gasteiger partial charge in [-0.2, -0.15) is 0 Å². The maximum Gasteiger partial charge on any atom is 0.140 e. The molecule has 0 unspecified atom stereocenters. The second-order valence-electron chi connectivity index (χ2n) is 2.64. The van der Waals surface area contributed by atoms with E-state index in [4.69, 9.17) is 16.3 Å². The van der Waals surface area contributed by atoms with Crippen LogP contribution >= 0.6 is 27.5 Å². The first-order chi connectivity index (χ1) is 6.74. The van der Waals surface area contributed by atoms with Gasteiger partial charge in [0.05, 0.1) is 17.1 Å². The molecule has 0 bridgehead atoms. The van der Waals surface area contributed by atoms with Crippen LogP contribution in [0.15, 0.2) is 22.9 Å². The number of ether oxygens (including phenoxy) is 1. The molecule has 0 saturated carbocycles. The molecule has 0 N–H and O–H groups in total. The standard InChI is InChI=1S/C9H6BrClN2O/c1-14-6-3-2-5-8(7(6)10)12-4-13-9(5)11/h2-4H,1H3. The zero-order valence-corrected chi connectivity index (χ0v) is 9.63. The average Bonchev–Trinajstić information content (AvgIpc) is 2.20. The highest BCUT2D eigenvalue weighted by Gasteiger charge is 2.08. The minimum absolute atomic E-state index is 0.443. The van der Waals surface area contributed by atoms with Crippen molar-refractivity contribution < 1.29 is 4.74 Å². The lowest BCUT2D eigenvalue weighted by atomic mass is 10.2. The smallest absolute Gasteiger partial charge is 0.140 e. The van der Waals surface area contributed by atoms with Crippen LogP contribution in [0, 0.1) is 0 Å². The van der Waals surface area contributed by atoms with E-state index < -0.39 is 0 Å². The number of rotatable bonds is 1. The van der Waals surface area contributed by atoms with Gasteiger partial charge in [-0.05, 0) is 28.1 Å². The third-order valence-corrected chi connectivity index (χ3v) is 2.95. The first-order valence-corrected chi connectivity index (χ1v) is 5.04. The van der Waals surface area contributed by atoms with Crippen LogP contribution in [0.25, 0.3) is 10.9 Å². The Bertz CT molecular complexity index is 489. The summed E-state index contributed by atoms with van der Waals surface area (Å²) in [6, 6.07) is 3.66. The van der Waals surface area contributed by atoms with Crippen molar-refractivity contribution in [3.8, 4) is 5.75 Å². The molecule has 0 aliphatic heterocycles. The summed E-state index contributed by atoms with van der Waals surface area (Å²) in [6.45, 7) is 0. The second kappa shape index (κ2) is 3.71. The molecule has 0 spiro atoms. The van der Waals surface area contributed by atoms with E-state index in [9.17, 15) is 0 Å². The van der Waals surface area contributed by atoms with Crippen molar-refractivity contribution in [2.75, 3.05) is 7.11 Å². The zero-order valence-electron chi connectivity index (χ0n) is 7.29. The van der Waals surface area contributed by atoms with E-state index >= 15 is 0 Å². The van der Waals surface area contributed by atoms with Gasteiger partial charge in [0.1, 0.15) is 17.2 Å². The van der Waals surface area contributed by atoms with Crippen molar-refractivity contribution in [2.45, 2.75) is 0 Å². The fourth-order valence-corrected chi connectivity index (χ4v) is 2.01. The number of benzene rings is 1. The quantitative estimate of drug-likeness (QED) is 0.749. The van der Waals surface area contributed by atoms with Crippen LogP contribution in [-0.4, -0.2) is 17.1 Å². The van der Waals surface area contributed by atoms with Crippen LogP contribution in [0.1, 0.15) is 0 Å². The van der Waals surface area contributed by atoms with Gasteiger partial charge in [-0.3, -0.25) is 0 Å². The molecule has 5 heteroatoms. The van der Waals surface area contributed by atoms with Crippen molar-refractivity contribution in [1.29, 1.82) is 0 Å². The van der Waals surface area contributed by atoms with Crippen molar-refractivity contribution in [2.24, 2.45) is 0 Å². The van der Waals surface area contributed by atoms with Crippen molar-refractivity contribution >= 4 is 38.4 Å². The van der Waals surface area contributed by atoms with E-state index in [0.29, 0.717) is 5.15 Å². The van der Waals surface area contributed by atoms with E-state index in [1.807, 2.05) is 12.1 Å². The minimum atomic E-state index is 0.443. The Balaban J connectivity index is 2.84. The van der Waals surface area contributed by atoms with Crippen molar-refractivity contribution in [3.63, 3.8) is 0 Å². The first-order valence-electron chi connectivity index (χ1n) is 3.86. The Morgan fingerprint density at radius 3 is 2.86 bits per heavy atom. The summed E-state index contributed by atoms with van der Waals surface area (Å²) >= 11 is 9.31. The highest BCUT2D eigenvalue weighted by molar-refractivity contribution is 9.10. The SMILES string of the molecule is COc1ccc2c(Cl)ncnc2c1Br. The number of halogens is 2. The molecule has 14 heavy (non-hydrogen) atoms. The molecule has 1 aromatic heterocycles. The van der Waals surface area contributed by atoms with Crippen LogP contribution < -0.4 is 4.74 Å². The molecule has 72 valence electrons. The molecular weight excluding hydrogens is 267 g/mol. The van der Waals surface area contributed by atoms with Gasteiger partial charge < -0.3 is 4.74 Å². The molecule has 0 aliphatic carbocycles. The normalized spacial score (nSPS) is 10.5. The highest BCUT2D eigenvalue weighted by Crippen LogP contribution is 2.33. The summed E-state index contributed by atoms with van der Waals surface area (Å²) in [7, 11) is 1.61. The first kappa shape index (κ1) is 9.68. The van der Waals surface area contributed by atoms with E-state index in [1.165, 1.54) is 6.33 Å². The fourth-order valence-electron chi connectivity index (χ4n) is 1.20. The van der Waals surface area contributed by atoms with Crippen LogP contribution in [0.4, 0.5) is 0 Å². The monoisotopic (exact) mass is 272 g/mol. The number of methoxy groups -OCH3 is 1. The predicted octanol–water partition coefficient (Wildman–Crippen LogP) is 3.05. The molecule has 0 aliphatic rings. The molecule has 2 rings (SSSR count). The molecule has 0 fully saturated rings. The third kappa shape index (κ3) is 1.44. The van der Waals surface area contributed by atoms with Crippen LogP contribution in [-0.2, 0) is 0 Å². The lowest BCUT2D eigenvalue weighted by molar-refractivity contribution is 0.413. The number of aromatic nitrogens is 2. The molecule has 0 atom stereocenters. The zero-order chi connectivity index (χ0) is 10.1. The predicted molar refractivity (Wildman–Crippen MR) is 58.8 cm³/mol. The topological polar surface area (TPSA) is 35.0 Å². The Hall–Kier alpha value is -0.870. The number of hydrogen-bond acceptors (Lipinski definition) is 3. The average molecular weight is 274 g/mol. The molecule has 0 radical (unpaired) electrons. The second-order valence-corrected chi connectivity index (χ2v) is 3.79. The summed E-state index contributed by atoms with van der Waals surface area (Å²) < 4.78 is 5.94. The Kier molecular flexibility index (Phi) is 2.56. The lowest BCUT2D eigenvalue weighted by Gasteiger charge is -2.05. The summed E-state index contributed by atoms with van der Waals surface area (Å²) in [5, 5.41) is 1.25. The van der Waals surface area contributed by atoms with Gasteiger partial charge in [-0.1, -0.05) is 11.6 Å². The number of hydrogen-bond donors (Lipinski definition) is 0. The van der Waals surface area contributed by atoms with E-state index in [-0.39, 0.29) is 0 Å². The van der Waals surface area contributed by atoms with Gasteiger partial charge in [-0.15, -0.1) is 0 Å². The summed E-state index contributed by atoms with van der Waals surface area (Å²) in [4.78, 5) is 8.02.